The summed E-state index contributed by atoms with van der Waals surface area (Å²) in [5.74, 6) is 0. The molecule has 1 aromatic heterocycles. The Bertz CT molecular complexity index is 282. The highest BCUT2D eigenvalue weighted by Crippen LogP contribution is 2.02. The number of nitrogens with zero attached hydrogens (tertiary/aromatic N) is 2. The number of aromatic nitrogens is 3. The van der Waals surface area contributed by atoms with Gasteiger partial charge >= 0.3 is 0 Å². The molecule has 0 spiro atoms. The van der Waals surface area contributed by atoms with Crippen LogP contribution in [-0.2, 0) is 0 Å². The van der Waals surface area contributed by atoms with Gasteiger partial charge in [-0.25, -0.2) is 0 Å². The Kier molecular flexibility index (Phi) is 0.773. The first-order valence-electron chi connectivity index (χ1n) is 2.55. The molecule has 0 fully saturated rings. The zero-order valence-electron chi connectivity index (χ0n) is 4.55. The second-order valence-corrected chi connectivity index (χ2v) is 1.69. The van der Waals surface area contributed by atoms with Crippen LogP contribution in [-0.4, -0.2) is 15.4 Å². The third-order valence-electron chi connectivity index (χ3n) is 1.11. The number of hydrogen-bond donors (Lipinski definition) is 1. The van der Waals surface area contributed by atoms with Crippen LogP contribution >= 0.6 is 0 Å². The van der Waals surface area contributed by atoms with Crippen LogP contribution in [0.3, 0.4) is 0 Å². The summed E-state index contributed by atoms with van der Waals surface area (Å²) in [5, 5.41) is 10.1. The summed E-state index contributed by atoms with van der Waals surface area (Å²) >= 11 is 0. The van der Waals surface area contributed by atoms with E-state index in [0.717, 1.165) is 11.0 Å². The van der Waals surface area contributed by atoms with Crippen molar-refractivity contribution in [3.05, 3.63) is 24.3 Å². The molecule has 0 aliphatic rings. The molecule has 2 aromatic rings. The minimum absolute atomic E-state index is 0.828. The molecule has 9 heavy (non-hydrogen) atoms. The van der Waals surface area contributed by atoms with Crippen molar-refractivity contribution in [3.63, 3.8) is 0 Å². The molecule has 1 aromatic carbocycles. The van der Waals surface area contributed by atoms with E-state index >= 15 is 0 Å². The Labute approximate surface area is 51.7 Å². The summed E-state index contributed by atoms with van der Waals surface area (Å²) in [6.07, 6.45) is 0. The van der Waals surface area contributed by atoms with Crippen molar-refractivity contribution in [2.75, 3.05) is 0 Å². The third kappa shape index (κ3) is 0.579. The van der Waals surface area contributed by atoms with Crippen LogP contribution in [0.2, 0.25) is 0 Å². The van der Waals surface area contributed by atoms with Crippen molar-refractivity contribution >= 4 is 11.0 Å². The second kappa shape index (κ2) is 1.55. The number of fused-ring (bicyclic) bond motifs is 1. The topological polar surface area (TPSA) is 41.6 Å². The van der Waals surface area contributed by atoms with E-state index in [1.807, 2.05) is 0 Å². The molecule has 42 valence electrons. The Morgan fingerprint density at radius 2 is 2.22 bits per heavy atom. The SMILES string of the molecule is [c]1[c]cc2[nH]nnc2c1. The number of nitrogens with one attached hydrogen (secondary N) is 1. The molecule has 0 saturated heterocycles. The van der Waals surface area contributed by atoms with E-state index < -0.39 is 0 Å². The largest absolute Gasteiger partial charge is 0.258 e. The fourth-order valence-electron chi connectivity index (χ4n) is 0.681. The standard InChI is InChI=1S/C6H3N3/c1-2-4-6-5(3-1)7-9-8-6/h3-4H,(H,7,8,9). The van der Waals surface area contributed by atoms with E-state index in [1.165, 1.54) is 0 Å². The molecule has 2 radical (unpaired) electrons. The zero-order valence-corrected chi connectivity index (χ0v) is 4.55. The Morgan fingerprint density at radius 3 is 3.11 bits per heavy atom. The van der Waals surface area contributed by atoms with Crippen LogP contribution in [0.25, 0.3) is 11.0 Å². The Balaban J connectivity index is 2.95. The summed E-state index contributed by atoms with van der Waals surface area (Å²) in [6.45, 7) is 0. The molecule has 2 rings (SSSR count). The molecule has 0 bridgehead atoms. The van der Waals surface area contributed by atoms with E-state index in [4.69, 9.17) is 0 Å². The molecular formula is C6H3N3. The lowest BCUT2D eigenvalue weighted by molar-refractivity contribution is 0.959. The molecule has 3 heteroatoms. The molecule has 0 unspecified atom stereocenters. The van der Waals surface area contributed by atoms with Gasteiger partial charge in [0.05, 0.1) is 5.52 Å². The zero-order chi connectivity index (χ0) is 6.10. The van der Waals surface area contributed by atoms with Crippen LogP contribution in [0.5, 0.6) is 0 Å². The normalized spacial score (nSPS) is 10.2. The van der Waals surface area contributed by atoms with Gasteiger partial charge in [0.25, 0.3) is 0 Å². The van der Waals surface area contributed by atoms with Gasteiger partial charge in [-0.15, -0.1) is 5.10 Å². The van der Waals surface area contributed by atoms with Crippen molar-refractivity contribution in [2.45, 2.75) is 0 Å². The first kappa shape index (κ1) is 4.49. The van der Waals surface area contributed by atoms with Crippen molar-refractivity contribution in [1.29, 1.82) is 0 Å². The van der Waals surface area contributed by atoms with E-state index in [9.17, 15) is 0 Å². The van der Waals surface area contributed by atoms with Gasteiger partial charge in [-0.2, -0.15) is 0 Å². The highest BCUT2D eigenvalue weighted by Gasteiger charge is 1.90. The summed E-state index contributed by atoms with van der Waals surface area (Å²) in [5.41, 5.74) is 1.72. The number of aromatic amines is 1. The summed E-state index contributed by atoms with van der Waals surface area (Å²) < 4.78 is 0. The van der Waals surface area contributed by atoms with Crippen LogP contribution < -0.4 is 0 Å². The van der Waals surface area contributed by atoms with Gasteiger partial charge in [0.1, 0.15) is 5.52 Å². The van der Waals surface area contributed by atoms with Gasteiger partial charge in [-0.1, -0.05) is 5.21 Å². The average molecular weight is 117 g/mol. The molecule has 3 nitrogen and oxygen atoms in total. The van der Waals surface area contributed by atoms with Gasteiger partial charge in [0.2, 0.25) is 0 Å². The lowest BCUT2D eigenvalue weighted by Gasteiger charge is -1.77. The number of benzene rings is 1. The minimum Gasteiger partial charge on any atom is -0.258 e. The van der Waals surface area contributed by atoms with Crippen LogP contribution in [0.15, 0.2) is 12.1 Å². The average Bonchev–Trinajstić information content (AvgIpc) is 2.33. The molecule has 0 aliphatic heterocycles. The summed E-state index contributed by atoms with van der Waals surface area (Å²) in [6, 6.07) is 9.05. The molecule has 1 heterocycles. The maximum Gasteiger partial charge on any atom is 0.113 e. The first-order chi connectivity index (χ1) is 4.47. The molecule has 0 amide bonds. The van der Waals surface area contributed by atoms with Crippen molar-refractivity contribution in [1.82, 2.24) is 15.4 Å². The van der Waals surface area contributed by atoms with Gasteiger partial charge in [-0.05, 0) is 24.3 Å². The lowest BCUT2D eigenvalue weighted by atomic mass is 10.3. The molecule has 0 aliphatic carbocycles. The van der Waals surface area contributed by atoms with E-state index in [0.29, 0.717) is 0 Å². The van der Waals surface area contributed by atoms with Crippen LogP contribution in [0, 0.1) is 12.1 Å². The molecule has 0 saturated carbocycles. The van der Waals surface area contributed by atoms with E-state index in [-0.39, 0.29) is 0 Å². The van der Waals surface area contributed by atoms with Gasteiger partial charge in [-0.3, -0.25) is 5.10 Å². The second-order valence-electron chi connectivity index (χ2n) is 1.69. The predicted molar refractivity (Wildman–Crippen MR) is 31.6 cm³/mol. The Morgan fingerprint density at radius 1 is 1.33 bits per heavy atom. The minimum atomic E-state index is 0.828. The van der Waals surface area contributed by atoms with Crippen molar-refractivity contribution in [3.8, 4) is 0 Å². The first-order valence-corrected chi connectivity index (χ1v) is 2.55. The smallest absolute Gasteiger partial charge is 0.113 e. The number of hydrogen-bond acceptors (Lipinski definition) is 2. The van der Waals surface area contributed by atoms with E-state index in [2.05, 4.69) is 27.5 Å². The Hall–Kier alpha value is -1.38. The quantitative estimate of drug-likeness (QED) is 0.547. The highest BCUT2D eigenvalue weighted by molar-refractivity contribution is 5.72. The fraction of sp³-hybridized carbons (Fsp3) is 0. The molecular weight excluding hydrogens is 114 g/mol. The van der Waals surface area contributed by atoms with Crippen molar-refractivity contribution < 1.29 is 0 Å². The maximum absolute atomic E-state index is 3.76. The lowest BCUT2D eigenvalue weighted by Crippen LogP contribution is -1.65. The highest BCUT2D eigenvalue weighted by atomic mass is 15.3. The van der Waals surface area contributed by atoms with Crippen molar-refractivity contribution in [2.24, 2.45) is 0 Å². The monoisotopic (exact) mass is 117 g/mol. The molecule has 0 atom stereocenters. The summed E-state index contributed by atoms with van der Waals surface area (Å²) in [4.78, 5) is 0. The van der Waals surface area contributed by atoms with Gasteiger partial charge < -0.3 is 0 Å². The fourth-order valence-corrected chi connectivity index (χ4v) is 0.681. The predicted octanol–water partition coefficient (Wildman–Crippen LogP) is 0.558. The third-order valence-corrected chi connectivity index (χ3v) is 1.11. The van der Waals surface area contributed by atoms with Gasteiger partial charge in [0.15, 0.2) is 0 Å². The maximum atomic E-state index is 3.76. The number of H-pyrrole nitrogens is 1. The van der Waals surface area contributed by atoms with E-state index in [1.54, 1.807) is 12.1 Å². The van der Waals surface area contributed by atoms with Crippen LogP contribution in [0.4, 0.5) is 0 Å². The summed E-state index contributed by atoms with van der Waals surface area (Å²) in [7, 11) is 0. The van der Waals surface area contributed by atoms with Crippen LogP contribution in [0.1, 0.15) is 0 Å². The number of rotatable bonds is 0. The molecule has 1 N–H and O–H groups in total. The van der Waals surface area contributed by atoms with Gasteiger partial charge in [0, 0.05) is 0 Å².